The van der Waals surface area contributed by atoms with Crippen molar-refractivity contribution in [3.63, 3.8) is 0 Å². The van der Waals surface area contributed by atoms with Gasteiger partial charge in [-0.2, -0.15) is 0 Å². The third kappa shape index (κ3) is 2.08. The Morgan fingerprint density at radius 1 is 1.09 bits per heavy atom. The first-order valence-corrected chi connectivity index (χ1v) is 4.24. The molecule has 0 aliphatic heterocycles. The molecule has 0 radical (unpaired) electrons. The maximum atomic E-state index is 12.6. The minimum absolute atomic E-state index is 0.269. The second kappa shape index (κ2) is 3.93. The van der Waals surface area contributed by atoms with Crippen LogP contribution in [-0.4, -0.2) is 0 Å². The predicted octanol–water partition coefficient (Wildman–Crippen LogP) is 3.30. The van der Waals surface area contributed by atoms with E-state index in [1.165, 1.54) is 12.1 Å². The zero-order chi connectivity index (χ0) is 8.27. The summed E-state index contributed by atoms with van der Waals surface area (Å²) in [6, 6.07) is 4.44. The van der Waals surface area contributed by atoms with Gasteiger partial charge in [0.15, 0.2) is 0 Å². The van der Waals surface area contributed by atoms with Crippen molar-refractivity contribution in [2.24, 2.45) is 0 Å². The van der Waals surface area contributed by atoms with Gasteiger partial charge in [0.05, 0.1) is 0 Å². The zero-order valence-corrected chi connectivity index (χ0v) is 7.29. The van der Waals surface area contributed by atoms with Gasteiger partial charge >= 0.3 is 0 Å². The summed E-state index contributed by atoms with van der Waals surface area (Å²) in [5.41, 5.74) is 1.66. The molecule has 0 atom stereocenters. The molecule has 0 aromatic heterocycles. The van der Waals surface area contributed by atoms with E-state index in [0.717, 1.165) is 11.1 Å². The Labute approximate surface area is 74.9 Å². The summed E-state index contributed by atoms with van der Waals surface area (Å²) in [5, 5.41) is 0. The molecular formula is C8H7Cl2F. The molecule has 3 heteroatoms. The molecule has 0 N–H and O–H groups in total. The van der Waals surface area contributed by atoms with E-state index in [1.54, 1.807) is 6.07 Å². The van der Waals surface area contributed by atoms with Crippen LogP contribution in [0.3, 0.4) is 0 Å². The van der Waals surface area contributed by atoms with Gasteiger partial charge in [-0.25, -0.2) is 4.39 Å². The summed E-state index contributed by atoms with van der Waals surface area (Å²) in [6.45, 7) is 0. The van der Waals surface area contributed by atoms with Crippen molar-refractivity contribution in [2.45, 2.75) is 11.8 Å². The van der Waals surface area contributed by atoms with Crippen LogP contribution < -0.4 is 0 Å². The number of halogens is 3. The fraction of sp³-hybridized carbons (Fsp3) is 0.250. The number of benzene rings is 1. The van der Waals surface area contributed by atoms with Crippen molar-refractivity contribution < 1.29 is 4.39 Å². The third-order valence-corrected chi connectivity index (χ3v) is 2.03. The van der Waals surface area contributed by atoms with E-state index in [2.05, 4.69) is 0 Å². The van der Waals surface area contributed by atoms with Gasteiger partial charge in [0.25, 0.3) is 0 Å². The molecule has 0 heterocycles. The fourth-order valence-electron chi connectivity index (χ4n) is 0.849. The van der Waals surface area contributed by atoms with Crippen LogP contribution >= 0.6 is 23.2 Å². The van der Waals surface area contributed by atoms with E-state index in [9.17, 15) is 4.39 Å². The summed E-state index contributed by atoms with van der Waals surface area (Å²) in [7, 11) is 0. The fourth-order valence-corrected chi connectivity index (χ4v) is 1.36. The third-order valence-electron chi connectivity index (χ3n) is 1.46. The molecule has 0 nitrogen and oxygen atoms in total. The van der Waals surface area contributed by atoms with Gasteiger partial charge in [0, 0.05) is 11.8 Å². The maximum Gasteiger partial charge on any atom is 0.123 e. The summed E-state index contributed by atoms with van der Waals surface area (Å²) >= 11 is 11.1. The highest BCUT2D eigenvalue weighted by atomic mass is 35.5. The van der Waals surface area contributed by atoms with Crippen LogP contribution in [0.15, 0.2) is 18.2 Å². The van der Waals surface area contributed by atoms with Crippen molar-refractivity contribution in [1.29, 1.82) is 0 Å². The van der Waals surface area contributed by atoms with Gasteiger partial charge in [-0.1, -0.05) is 6.07 Å². The lowest BCUT2D eigenvalue weighted by atomic mass is 10.1. The lowest BCUT2D eigenvalue weighted by molar-refractivity contribution is 0.626. The maximum absolute atomic E-state index is 12.6. The Kier molecular flexibility index (Phi) is 3.16. The Morgan fingerprint density at radius 3 is 2.27 bits per heavy atom. The molecule has 60 valence electrons. The molecule has 11 heavy (non-hydrogen) atoms. The van der Waals surface area contributed by atoms with Crippen molar-refractivity contribution in [3.05, 3.63) is 35.1 Å². The molecule has 0 unspecified atom stereocenters. The van der Waals surface area contributed by atoms with E-state index in [4.69, 9.17) is 23.2 Å². The first-order valence-electron chi connectivity index (χ1n) is 3.17. The SMILES string of the molecule is Fc1ccc(CCl)c(CCl)c1. The highest BCUT2D eigenvalue weighted by Gasteiger charge is 2.00. The minimum Gasteiger partial charge on any atom is -0.207 e. The first-order chi connectivity index (χ1) is 5.27. The molecular weight excluding hydrogens is 186 g/mol. The molecule has 1 aromatic carbocycles. The van der Waals surface area contributed by atoms with Crippen molar-refractivity contribution in [3.8, 4) is 0 Å². The van der Waals surface area contributed by atoms with E-state index < -0.39 is 0 Å². The van der Waals surface area contributed by atoms with Gasteiger partial charge in [-0.15, -0.1) is 23.2 Å². The standard InChI is InChI=1S/C8H7Cl2F/c9-4-6-1-2-8(11)3-7(6)5-10/h1-3H,4-5H2. The molecule has 0 amide bonds. The van der Waals surface area contributed by atoms with E-state index in [0.29, 0.717) is 11.8 Å². The molecule has 0 spiro atoms. The second-order valence-electron chi connectivity index (χ2n) is 2.18. The Balaban J connectivity index is 3.06. The molecule has 0 fully saturated rings. The summed E-state index contributed by atoms with van der Waals surface area (Å²) < 4.78 is 12.6. The van der Waals surface area contributed by atoms with Crippen molar-refractivity contribution in [2.75, 3.05) is 0 Å². The molecule has 1 rings (SSSR count). The van der Waals surface area contributed by atoms with Crippen molar-refractivity contribution >= 4 is 23.2 Å². The summed E-state index contributed by atoms with van der Waals surface area (Å²) in [6.07, 6.45) is 0. The Hall–Kier alpha value is -0.270. The average molecular weight is 193 g/mol. The highest BCUT2D eigenvalue weighted by molar-refractivity contribution is 6.18. The smallest absolute Gasteiger partial charge is 0.123 e. The number of hydrogen-bond donors (Lipinski definition) is 0. The van der Waals surface area contributed by atoms with Gasteiger partial charge < -0.3 is 0 Å². The van der Waals surface area contributed by atoms with E-state index in [1.807, 2.05) is 0 Å². The summed E-state index contributed by atoms with van der Waals surface area (Å²) in [4.78, 5) is 0. The Morgan fingerprint density at radius 2 is 1.73 bits per heavy atom. The highest BCUT2D eigenvalue weighted by Crippen LogP contribution is 2.15. The number of alkyl halides is 2. The van der Waals surface area contributed by atoms with Crippen LogP contribution in [0, 0.1) is 5.82 Å². The van der Waals surface area contributed by atoms with Crippen LogP contribution in [0.4, 0.5) is 4.39 Å². The van der Waals surface area contributed by atoms with Gasteiger partial charge in [-0.3, -0.25) is 0 Å². The normalized spacial score (nSPS) is 10.1. The monoisotopic (exact) mass is 192 g/mol. The van der Waals surface area contributed by atoms with E-state index >= 15 is 0 Å². The lowest BCUT2D eigenvalue weighted by Gasteiger charge is -2.01. The van der Waals surface area contributed by atoms with Gasteiger partial charge in [0.1, 0.15) is 5.82 Å². The van der Waals surface area contributed by atoms with Crippen LogP contribution in [0.2, 0.25) is 0 Å². The molecule has 0 aliphatic carbocycles. The van der Waals surface area contributed by atoms with E-state index in [-0.39, 0.29) is 5.82 Å². The topological polar surface area (TPSA) is 0 Å². The Bertz CT molecular complexity index is 248. The molecule has 0 saturated heterocycles. The predicted molar refractivity (Wildman–Crippen MR) is 45.5 cm³/mol. The molecule has 0 saturated carbocycles. The van der Waals surface area contributed by atoms with Crippen LogP contribution in [0.1, 0.15) is 11.1 Å². The van der Waals surface area contributed by atoms with Crippen LogP contribution in [0.5, 0.6) is 0 Å². The minimum atomic E-state index is -0.269. The molecule has 0 bridgehead atoms. The summed E-state index contributed by atoms with van der Waals surface area (Å²) in [5.74, 6) is 0.414. The number of rotatable bonds is 2. The van der Waals surface area contributed by atoms with Crippen LogP contribution in [-0.2, 0) is 11.8 Å². The van der Waals surface area contributed by atoms with Gasteiger partial charge in [0.2, 0.25) is 0 Å². The molecule has 0 aliphatic rings. The lowest BCUT2D eigenvalue weighted by Crippen LogP contribution is -1.88. The van der Waals surface area contributed by atoms with Gasteiger partial charge in [-0.05, 0) is 23.3 Å². The quantitative estimate of drug-likeness (QED) is 0.632. The zero-order valence-electron chi connectivity index (χ0n) is 5.78. The van der Waals surface area contributed by atoms with Crippen LogP contribution in [0.25, 0.3) is 0 Å². The second-order valence-corrected chi connectivity index (χ2v) is 2.71. The molecule has 1 aromatic rings. The average Bonchev–Trinajstić information content (AvgIpc) is 2.04. The first kappa shape index (κ1) is 8.82. The largest absolute Gasteiger partial charge is 0.207 e. The van der Waals surface area contributed by atoms with Crippen molar-refractivity contribution in [1.82, 2.24) is 0 Å². The number of hydrogen-bond acceptors (Lipinski definition) is 0.